The normalized spacial score (nSPS) is 9.60. The van der Waals surface area contributed by atoms with Crippen LogP contribution in [0.15, 0.2) is 60.7 Å². The Labute approximate surface area is 278 Å². The van der Waals surface area contributed by atoms with E-state index in [-0.39, 0.29) is 38.6 Å². The molecule has 18 heteroatoms. The molecule has 5 aromatic rings. The molecule has 12 N–H and O–H groups in total. The minimum atomic E-state index is -1.37. The molecule has 5 rings (SSSR count). The number of fused-ring (bicyclic) bond motifs is 2. The molecule has 0 amide bonds. The Hall–Kier alpha value is -7.76. The number of carbonyl (C=O) groups is 6. The molecule has 0 bridgehead atoms. The minimum Gasteiger partial charge on any atom is -0.507 e. The van der Waals surface area contributed by atoms with E-state index in [4.69, 9.17) is 45.3 Å². The van der Waals surface area contributed by atoms with E-state index in [1.807, 2.05) is 13.6 Å². The molecule has 0 atom stereocenters. The zero-order valence-electron chi connectivity index (χ0n) is 25.0. The highest BCUT2D eigenvalue weighted by Gasteiger charge is 2.20. The Morgan fingerprint density at radius 2 is 0.720 bits per heavy atom. The van der Waals surface area contributed by atoms with E-state index in [0.29, 0.717) is 0 Å². The fraction of sp³-hybridized carbons (Fsp3) is 0. The maximum absolute atomic E-state index is 11.0. The number of benzene rings is 5. The Kier molecular flexibility index (Phi) is 13.9. The lowest BCUT2D eigenvalue weighted by atomic mass is 9.98. The van der Waals surface area contributed by atoms with Crippen molar-refractivity contribution in [3.63, 3.8) is 0 Å². The molecule has 0 unspecified atom stereocenters. The topological polar surface area (TPSA) is 345 Å². The first-order valence-corrected chi connectivity index (χ1v) is 12.9. The van der Waals surface area contributed by atoms with Gasteiger partial charge >= 0.3 is 23.9 Å². The molecule has 262 valence electrons. The molecule has 0 aliphatic carbocycles. The summed E-state index contributed by atoms with van der Waals surface area (Å²) in [5.74, 6) is -9.16. The lowest BCUT2D eigenvalue weighted by Gasteiger charge is -2.08. The maximum atomic E-state index is 11.0. The van der Waals surface area contributed by atoms with E-state index in [2.05, 4.69) is 0 Å². The summed E-state index contributed by atoms with van der Waals surface area (Å²) in [6.45, 7) is 4.00. The van der Waals surface area contributed by atoms with Crippen LogP contribution in [0, 0.1) is 0 Å². The summed E-state index contributed by atoms with van der Waals surface area (Å²) in [7, 11) is 0. The van der Waals surface area contributed by atoms with Crippen molar-refractivity contribution in [2.75, 3.05) is 0 Å². The zero-order valence-corrected chi connectivity index (χ0v) is 25.0. The van der Waals surface area contributed by atoms with Gasteiger partial charge in [-0.1, -0.05) is 0 Å². The molecule has 0 heterocycles. The van der Waals surface area contributed by atoms with Gasteiger partial charge in [0.1, 0.15) is 58.8 Å². The third-order valence-electron chi connectivity index (χ3n) is 6.26. The molecule has 5 aromatic carbocycles. The Bertz CT molecular complexity index is 2030. The highest BCUT2D eigenvalue weighted by molar-refractivity contribution is 6.13. The van der Waals surface area contributed by atoms with Crippen LogP contribution in [0.3, 0.4) is 0 Å². The van der Waals surface area contributed by atoms with Crippen molar-refractivity contribution in [1.82, 2.24) is 0 Å². The van der Waals surface area contributed by atoms with Gasteiger partial charge in [0.15, 0.2) is 23.0 Å². The van der Waals surface area contributed by atoms with Crippen LogP contribution in [0.25, 0.3) is 21.5 Å². The van der Waals surface area contributed by atoms with Crippen molar-refractivity contribution >= 4 is 59.0 Å². The fourth-order valence-electron chi connectivity index (χ4n) is 4.10. The van der Waals surface area contributed by atoms with E-state index in [0.717, 1.165) is 24.3 Å². The Balaban J connectivity index is 0.000000363. The van der Waals surface area contributed by atoms with E-state index in [1.165, 1.54) is 36.4 Å². The van der Waals surface area contributed by atoms with Gasteiger partial charge in [-0.05, 0) is 48.5 Å². The van der Waals surface area contributed by atoms with E-state index >= 15 is 0 Å². The largest absolute Gasteiger partial charge is 0.507 e. The third-order valence-corrected chi connectivity index (χ3v) is 6.26. The number of aromatic hydroxyl groups is 8. The average molecular weight is 699 g/mol. The Morgan fingerprint density at radius 1 is 0.360 bits per heavy atom. The van der Waals surface area contributed by atoms with E-state index < -0.39 is 75.1 Å². The quantitative estimate of drug-likeness (QED) is 0.0944. The molecule has 18 nitrogen and oxygen atoms in total. The van der Waals surface area contributed by atoms with Crippen molar-refractivity contribution in [2.24, 2.45) is 0 Å². The standard InChI is InChI=1S/C12H8O6.C11H8O5.C7H6O5.2CH2O/c13-7-3-1-5-6(10(7)12(17)18)2-4-8(14)9(5)11(15)16;12-8-4-3-5-6(10(8)14)1-2-7(9(5)13)11(15)16;8-4-2-6(10)5(9)1-3(4)7(11)12;2*1-2/h1-4,13-14H,(H,15,16)(H,17,18);1-4,12-14H,(H,15,16);1-2,8-10H,(H,11,12);2*1H2. The van der Waals surface area contributed by atoms with Gasteiger partial charge in [0.25, 0.3) is 0 Å². The predicted molar refractivity (Wildman–Crippen MR) is 170 cm³/mol. The molecule has 0 radical (unpaired) electrons. The van der Waals surface area contributed by atoms with Crippen LogP contribution in [0.5, 0.6) is 46.0 Å². The molecule has 50 heavy (non-hydrogen) atoms. The van der Waals surface area contributed by atoms with Crippen LogP contribution in [0.1, 0.15) is 41.4 Å². The molecule has 0 spiro atoms. The summed E-state index contributed by atoms with van der Waals surface area (Å²) in [6, 6.07) is 11.2. The summed E-state index contributed by atoms with van der Waals surface area (Å²) in [6.07, 6.45) is 0. The third kappa shape index (κ3) is 8.73. The maximum Gasteiger partial charge on any atom is 0.340 e. The van der Waals surface area contributed by atoms with E-state index in [1.54, 1.807) is 0 Å². The van der Waals surface area contributed by atoms with Crippen molar-refractivity contribution in [1.29, 1.82) is 0 Å². The van der Waals surface area contributed by atoms with Crippen LogP contribution < -0.4 is 0 Å². The summed E-state index contributed by atoms with van der Waals surface area (Å²) < 4.78 is 0. The van der Waals surface area contributed by atoms with Gasteiger partial charge in [-0.15, -0.1) is 0 Å². The molecule has 0 saturated heterocycles. The molecular weight excluding hydrogens is 672 g/mol. The van der Waals surface area contributed by atoms with Crippen LogP contribution in [0.2, 0.25) is 0 Å². The van der Waals surface area contributed by atoms with Gasteiger partial charge < -0.3 is 70.9 Å². The smallest absolute Gasteiger partial charge is 0.340 e. The first-order chi connectivity index (χ1) is 23.5. The molecule has 0 aliphatic rings. The van der Waals surface area contributed by atoms with Gasteiger partial charge in [-0.3, -0.25) is 0 Å². The SMILES string of the molecule is C=O.C=O.O=C(O)c1c(O)ccc2c(C(=O)O)c(O)ccc12.O=C(O)c1cc(O)c(O)cc1O.O=C(O)c1ccc2c(O)c(O)ccc2c1O. The van der Waals surface area contributed by atoms with Crippen molar-refractivity contribution in [3.05, 3.63) is 82.9 Å². The van der Waals surface area contributed by atoms with Gasteiger partial charge in [0.2, 0.25) is 0 Å². The highest BCUT2D eigenvalue weighted by Crippen LogP contribution is 2.39. The van der Waals surface area contributed by atoms with E-state index in [9.17, 15) is 44.7 Å². The summed E-state index contributed by atoms with van der Waals surface area (Å²) >= 11 is 0. The average Bonchev–Trinajstić information content (AvgIpc) is 3.06. The number of carboxylic acid groups (broad SMARTS) is 4. The molecule has 0 saturated carbocycles. The number of carbonyl (C=O) groups excluding carboxylic acids is 2. The number of phenolic OH excluding ortho intramolecular Hbond substituents is 4. The zero-order chi connectivity index (χ0) is 38.6. The summed E-state index contributed by atoms with van der Waals surface area (Å²) in [5, 5.41) is 110. The van der Waals surface area contributed by atoms with Gasteiger partial charge in [-0.2, -0.15) is 0 Å². The van der Waals surface area contributed by atoms with Crippen LogP contribution >= 0.6 is 0 Å². The number of carboxylic acids is 4. The summed E-state index contributed by atoms with van der Waals surface area (Å²) in [5.41, 5.74) is -1.49. The monoisotopic (exact) mass is 698 g/mol. The van der Waals surface area contributed by atoms with Crippen molar-refractivity contribution in [3.8, 4) is 46.0 Å². The fourth-order valence-corrected chi connectivity index (χ4v) is 4.10. The lowest BCUT2D eigenvalue weighted by Crippen LogP contribution is -2.02. The van der Waals surface area contributed by atoms with Crippen molar-refractivity contribution in [2.45, 2.75) is 0 Å². The molecule has 0 aliphatic heterocycles. The summed E-state index contributed by atoms with van der Waals surface area (Å²) in [4.78, 5) is 59.1. The Morgan fingerprint density at radius 3 is 1.14 bits per heavy atom. The molecule has 0 aromatic heterocycles. The number of rotatable bonds is 4. The second-order valence-corrected chi connectivity index (χ2v) is 9.08. The number of phenols is 8. The number of hydrogen-bond acceptors (Lipinski definition) is 14. The molecular formula is C32H26O18. The van der Waals surface area contributed by atoms with Gasteiger partial charge in [0, 0.05) is 33.7 Å². The first-order valence-electron chi connectivity index (χ1n) is 12.9. The second-order valence-electron chi connectivity index (χ2n) is 9.08. The lowest BCUT2D eigenvalue weighted by molar-refractivity contribution is -0.0987. The van der Waals surface area contributed by atoms with Crippen molar-refractivity contribution < 1.29 is 90.0 Å². The second kappa shape index (κ2) is 17.2. The number of aromatic carboxylic acids is 4. The van der Waals surface area contributed by atoms with Gasteiger partial charge in [-0.25, -0.2) is 19.2 Å². The van der Waals surface area contributed by atoms with Crippen LogP contribution in [-0.2, 0) is 9.59 Å². The molecule has 0 fully saturated rings. The highest BCUT2D eigenvalue weighted by atomic mass is 16.4. The minimum absolute atomic E-state index is 0.0534. The van der Waals surface area contributed by atoms with Crippen LogP contribution in [0.4, 0.5) is 0 Å². The van der Waals surface area contributed by atoms with Crippen LogP contribution in [-0.4, -0.2) is 98.7 Å². The predicted octanol–water partition coefficient (Wildman–Crippen LogP) is 3.43. The first kappa shape index (κ1) is 40.3. The number of hydrogen-bond donors (Lipinski definition) is 12. The van der Waals surface area contributed by atoms with Gasteiger partial charge in [0.05, 0.1) is 0 Å².